The molecular formula is C14H16N4O2S. The van der Waals surface area contributed by atoms with Crippen molar-refractivity contribution in [3.63, 3.8) is 0 Å². The van der Waals surface area contributed by atoms with Crippen LogP contribution < -0.4 is 10.6 Å². The van der Waals surface area contributed by atoms with Crippen LogP contribution in [0.3, 0.4) is 0 Å². The summed E-state index contributed by atoms with van der Waals surface area (Å²) in [6, 6.07) is 6.75. The van der Waals surface area contributed by atoms with Crippen molar-refractivity contribution in [2.45, 2.75) is 6.54 Å². The van der Waals surface area contributed by atoms with E-state index in [0.717, 1.165) is 4.88 Å². The first-order valence-electron chi connectivity index (χ1n) is 6.31. The number of thiophene rings is 1. The maximum absolute atomic E-state index is 11.8. The Labute approximate surface area is 126 Å². The van der Waals surface area contributed by atoms with Crippen molar-refractivity contribution in [3.8, 4) is 0 Å². The molecule has 2 N–H and O–H groups in total. The van der Waals surface area contributed by atoms with Gasteiger partial charge in [-0.2, -0.15) is 0 Å². The number of hydrogen-bond acceptors (Lipinski definition) is 4. The van der Waals surface area contributed by atoms with Gasteiger partial charge in [-0.1, -0.05) is 6.07 Å². The van der Waals surface area contributed by atoms with E-state index >= 15 is 0 Å². The minimum Gasteiger partial charge on any atom is -0.343 e. The number of pyridine rings is 1. The molecule has 2 heterocycles. The molecule has 0 unspecified atom stereocenters. The molecule has 0 aliphatic carbocycles. The Balaban J connectivity index is 1.94. The van der Waals surface area contributed by atoms with Crippen molar-refractivity contribution < 1.29 is 9.59 Å². The van der Waals surface area contributed by atoms with E-state index in [-0.39, 0.29) is 17.6 Å². The summed E-state index contributed by atoms with van der Waals surface area (Å²) in [6.07, 6.45) is 1.49. The topological polar surface area (TPSA) is 74.3 Å². The Hall–Kier alpha value is -2.41. The number of aromatic nitrogens is 1. The van der Waals surface area contributed by atoms with E-state index in [1.807, 2.05) is 17.5 Å². The van der Waals surface area contributed by atoms with Gasteiger partial charge in [0.25, 0.3) is 5.91 Å². The molecule has 0 fully saturated rings. The Morgan fingerprint density at radius 2 is 2.14 bits per heavy atom. The summed E-state index contributed by atoms with van der Waals surface area (Å²) in [5.74, 6) is -0.211. The molecule has 2 aromatic heterocycles. The van der Waals surface area contributed by atoms with E-state index in [2.05, 4.69) is 15.6 Å². The zero-order valence-corrected chi connectivity index (χ0v) is 12.6. The Kier molecular flexibility index (Phi) is 4.89. The average molecular weight is 304 g/mol. The fourth-order valence-corrected chi connectivity index (χ4v) is 2.25. The van der Waals surface area contributed by atoms with Crippen molar-refractivity contribution in [1.29, 1.82) is 0 Å². The predicted octanol–water partition coefficient (Wildman–Crippen LogP) is 2.17. The van der Waals surface area contributed by atoms with Gasteiger partial charge in [-0.15, -0.1) is 11.3 Å². The minimum absolute atomic E-state index is 0.211. The maximum Gasteiger partial charge on any atom is 0.319 e. The summed E-state index contributed by atoms with van der Waals surface area (Å²) in [6.45, 7) is 0.470. The molecule has 2 rings (SSSR count). The Morgan fingerprint density at radius 1 is 1.33 bits per heavy atom. The summed E-state index contributed by atoms with van der Waals surface area (Å²) in [5.41, 5.74) is 0.815. The third-order valence-electron chi connectivity index (χ3n) is 2.65. The number of amides is 3. The monoisotopic (exact) mass is 304 g/mol. The van der Waals surface area contributed by atoms with E-state index in [9.17, 15) is 9.59 Å². The van der Waals surface area contributed by atoms with Crippen LogP contribution in [-0.4, -0.2) is 35.9 Å². The summed E-state index contributed by atoms with van der Waals surface area (Å²) in [5, 5.41) is 7.39. The van der Waals surface area contributed by atoms with E-state index in [1.165, 1.54) is 11.1 Å². The fourth-order valence-electron chi connectivity index (χ4n) is 1.61. The van der Waals surface area contributed by atoms with E-state index in [0.29, 0.717) is 12.2 Å². The molecule has 0 saturated heterocycles. The highest BCUT2D eigenvalue weighted by Gasteiger charge is 2.11. The van der Waals surface area contributed by atoms with Gasteiger partial charge in [-0.05, 0) is 23.6 Å². The molecule has 0 aromatic carbocycles. The van der Waals surface area contributed by atoms with Gasteiger partial charge in [0.2, 0.25) is 0 Å². The molecule has 21 heavy (non-hydrogen) atoms. The van der Waals surface area contributed by atoms with Crippen LogP contribution in [0.25, 0.3) is 0 Å². The molecule has 0 aliphatic rings. The van der Waals surface area contributed by atoms with Gasteiger partial charge >= 0.3 is 6.03 Å². The minimum atomic E-state index is -0.321. The molecule has 0 bridgehead atoms. The van der Waals surface area contributed by atoms with E-state index < -0.39 is 0 Å². The SMILES string of the molecule is CN(C)C(=O)c1cc(NC(=O)NCc2cccs2)ccn1. The molecule has 0 saturated carbocycles. The summed E-state index contributed by atoms with van der Waals surface area (Å²) < 4.78 is 0. The summed E-state index contributed by atoms with van der Waals surface area (Å²) in [7, 11) is 3.30. The first-order chi connectivity index (χ1) is 10.1. The summed E-state index contributed by atoms with van der Waals surface area (Å²) >= 11 is 1.58. The molecule has 110 valence electrons. The lowest BCUT2D eigenvalue weighted by atomic mass is 10.3. The highest BCUT2D eigenvalue weighted by Crippen LogP contribution is 2.10. The Bertz CT molecular complexity index is 626. The number of carbonyl (C=O) groups is 2. The predicted molar refractivity (Wildman–Crippen MR) is 82.4 cm³/mol. The zero-order valence-electron chi connectivity index (χ0n) is 11.8. The molecule has 0 spiro atoms. The van der Waals surface area contributed by atoms with E-state index in [4.69, 9.17) is 0 Å². The van der Waals surface area contributed by atoms with Gasteiger partial charge in [0.1, 0.15) is 5.69 Å². The lowest BCUT2D eigenvalue weighted by molar-refractivity contribution is 0.0822. The Morgan fingerprint density at radius 3 is 2.81 bits per heavy atom. The fraction of sp³-hybridized carbons (Fsp3) is 0.214. The van der Waals surface area contributed by atoms with Crippen LogP contribution in [0.15, 0.2) is 35.8 Å². The zero-order chi connectivity index (χ0) is 15.2. The third-order valence-corrected chi connectivity index (χ3v) is 3.52. The molecule has 0 aliphatic heterocycles. The molecule has 6 nitrogen and oxygen atoms in total. The average Bonchev–Trinajstić information content (AvgIpc) is 2.98. The number of anilines is 1. The van der Waals surface area contributed by atoms with Crippen LogP contribution in [-0.2, 0) is 6.54 Å². The van der Waals surface area contributed by atoms with Gasteiger partial charge in [0.05, 0.1) is 6.54 Å². The lowest BCUT2D eigenvalue weighted by Crippen LogP contribution is -2.28. The molecule has 7 heteroatoms. The second-order valence-corrected chi connectivity index (χ2v) is 5.55. The largest absolute Gasteiger partial charge is 0.343 e. The maximum atomic E-state index is 11.8. The van der Waals surface area contributed by atoms with Gasteiger partial charge in [-0.3, -0.25) is 9.78 Å². The number of nitrogens with one attached hydrogen (secondary N) is 2. The second kappa shape index (κ2) is 6.85. The molecule has 0 radical (unpaired) electrons. The van der Waals surface area contributed by atoms with E-state index in [1.54, 1.807) is 37.6 Å². The smallest absolute Gasteiger partial charge is 0.319 e. The van der Waals surface area contributed by atoms with Gasteiger partial charge in [0, 0.05) is 30.9 Å². The van der Waals surface area contributed by atoms with Crippen molar-refractivity contribution in [2.75, 3.05) is 19.4 Å². The van der Waals surface area contributed by atoms with Crippen molar-refractivity contribution >= 4 is 29.0 Å². The van der Waals surface area contributed by atoms with Crippen molar-refractivity contribution in [3.05, 3.63) is 46.4 Å². The number of rotatable bonds is 4. The first-order valence-corrected chi connectivity index (χ1v) is 7.19. The van der Waals surface area contributed by atoms with Crippen LogP contribution in [0.4, 0.5) is 10.5 Å². The quantitative estimate of drug-likeness (QED) is 0.909. The number of hydrogen-bond donors (Lipinski definition) is 2. The van der Waals surface area contributed by atoms with Gasteiger partial charge in [0.15, 0.2) is 0 Å². The van der Waals surface area contributed by atoms with Crippen LogP contribution in [0.2, 0.25) is 0 Å². The highest BCUT2D eigenvalue weighted by atomic mass is 32.1. The van der Waals surface area contributed by atoms with Crippen molar-refractivity contribution in [1.82, 2.24) is 15.2 Å². The normalized spacial score (nSPS) is 10.0. The summed E-state index contributed by atoms with van der Waals surface area (Å²) in [4.78, 5) is 30.1. The molecule has 0 atom stereocenters. The van der Waals surface area contributed by atoms with Gasteiger partial charge < -0.3 is 15.5 Å². The molecular weight excluding hydrogens is 288 g/mol. The third kappa shape index (κ3) is 4.28. The van der Waals surface area contributed by atoms with Crippen LogP contribution in [0.1, 0.15) is 15.4 Å². The lowest BCUT2D eigenvalue weighted by Gasteiger charge is -2.11. The van der Waals surface area contributed by atoms with Crippen LogP contribution in [0, 0.1) is 0 Å². The number of nitrogens with zero attached hydrogens (tertiary/aromatic N) is 2. The number of urea groups is 1. The first kappa shape index (κ1) is 15.0. The molecule has 2 aromatic rings. The highest BCUT2D eigenvalue weighted by molar-refractivity contribution is 7.09. The van der Waals surface area contributed by atoms with Crippen LogP contribution in [0.5, 0.6) is 0 Å². The second-order valence-electron chi connectivity index (χ2n) is 4.52. The van der Waals surface area contributed by atoms with Crippen LogP contribution >= 0.6 is 11.3 Å². The van der Waals surface area contributed by atoms with Gasteiger partial charge in [-0.25, -0.2) is 4.79 Å². The van der Waals surface area contributed by atoms with Crippen molar-refractivity contribution in [2.24, 2.45) is 0 Å². The molecule has 3 amide bonds. The standard InChI is InChI=1S/C14H16N4O2S/c1-18(2)13(19)12-8-10(5-6-15-12)17-14(20)16-9-11-4-3-7-21-11/h3-8H,9H2,1-2H3,(H2,15,16,17,20). The number of carbonyl (C=O) groups excluding carboxylic acids is 2.